The van der Waals surface area contributed by atoms with Crippen LogP contribution in [-0.2, 0) is 9.59 Å². The summed E-state index contributed by atoms with van der Waals surface area (Å²) in [4.78, 5) is 21.0. The summed E-state index contributed by atoms with van der Waals surface area (Å²) < 4.78 is 0. The molecule has 0 aliphatic carbocycles. The van der Waals surface area contributed by atoms with Gasteiger partial charge in [0, 0.05) is 19.5 Å². The molecule has 0 saturated carbocycles. The van der Waals surface area contributed by atoms with E-state index in [9.17, 15) is 9.59 Å². The molecule has 0 fully saturated rings. The first kappa shape index (κ1) is 14.7. The van der Waals surface area contributed by atoms with E-state index in [0.29, 0.717) is 6.54 Å². The Kier molecular flexibility index (Phi) is 6.09. The van der Waals surface area contributed by atoms with Crippen molar-refractivity contribution in [2.75, 3.05) is 6.54 Å². The molecule has 1 aromatic carbocycles. The van der Waals surface area contributed by atoms with Crippen LogP contribution in [0.3, 0.4) is 0 Å². The van der Waals surface area contributed by atoms with E-state index in [1.165, 1.54) is 6.92 Å². The molecule has 1 aromatic rings. The highest BCUT2D eigenvalue weighted by molar-refractivity contribution is 5.85. The molecule has 1 rings (SSSR count). The number of benzene rings is 1. The monoisotopic (exact) mass is 259 g/mol. The highest BCUT2D eigenvalue weighted by Gasteiger charge is 1.91. The molecule has 4 nitrogen and oxygen atoms in total. The fraction of sp³-hybridized carbons (Fsp3) is 0.200. The van der Waals surface area contributed by atoms with Crippen molar-refractivity contribution >= 4 is 24.0 Å². The predicted octanol–water partition coefficient (Wildman–Crippen LogP) is 2.32. The Labute approximate surface area is 112 Å². The Balaban J connectivity index is 2.45. The molecule has 0 atom stereocenters. The van der Waals surface area contributed by atoms with Crippen molar-refractivity contribution in [1.29, 1.82) is 0 Å². The van der Waals surface area contributed by atoms with Gasteiger partial charge in [0.05, 0.1) is 0 Å². The number of amides is 1. The Bertz CT molecular complexity index is 487. The molecule has 0 bridgehead atoms. The second-order valence-corrected chi connectivity index (χ2v) is 4.01. The standard InChI is InChI=1S/C15H17NO3/c1-12(17)16-11-3-2-4-13-5-7-14(8-6-13)9-10-15(18)19/h2,4-10H,3,11H2,1H3,(H,16,17)(H,18,19)/b4-2?,10-9+. The van der Waals surface area contributed by atoms with Crippen LogP contribution in [0.2, 0.25) is 0 Å². The topological polar surface area (TPSA) is 66.4 Å². The largest absolute Gasteiger partial charge is 0.478 e. The smallest absolute Gasteiger partial charge is 0.328 e. The minimum absolute atomic E-state index is 0.0250. The van der Waals surface area contributed by atoms with Gasteiger partial charge in [0.25, 0.3) is 0 Å². The summed E-state index contributed by atoms with van der Waals surface area (Å²) in [6.07, 6.45) is 7.38. The van der Waals surface area contributed by atoms with Gasteiger partial charge in [0.1, 0.15) is 0 Å². The zero-order chi connectivity index (χ0) is 14.1. The molecule has 19 heavy (non-hydrogen) atoms. The van der Waals surface area contributed by atoms with Crippen molar-refractivity contribution in [3.63, 3.8) is 0 Å². The van der Waals surface area contributed by atoms with Gasteiger partial charge in [-0.3, -0.25) is 4.79 Å². The van der Waals surface area contributed by atoms with Gasteiger partial charge >= 0.3 is 5.97 Å². The minimum Gasteiger partial charge on any atom is -0.478 e. The number of aliphatic carboxylic acids is 1. The Hall–Kier alpha value is -2.36. The maximum Gasteiger partial charge on any atom is 0.328 e. The van der Waals surface area contributed by atoms with E-state index < -0.39 is 5.97 Å². The summed E-state index contributed by atoms with van der Waals surface area (Å²) >= 11 is 0. The van der Waals surface area contributed by atoms with Gasteiger partial charge in [0.2, 0.25) is 5.91 Å². The normalized spacial score (nSPS) is 11.0. The lowest BCUT2D eigenvalue weighted by Crippen LogP contribution is -2.20. The van der Waals surface area contributed by atoms with Crippen molar-refractivity contribution < 1.29 is 14.7 Å². The first-order chi connectivity index (χ1) is 9.08. The fourth-order valence-electron chi connectivity index (χ4n) is 1.44. The average molecular weight is 259 g/mol. The third-order valence-electron chi connectivity index (χ3n) is 2.35. The van der Waals surface area contributed by atoms with Gasteiger partial charge in [-0.05, 0) is 23.6 Å². The lowest BCUT2D eigenvalue weighted by Gasteiger charge is -1.98. The van der Waals surface area contributed by atoms with E-state index in [4.69, 9.17) is 5.11 Å². The van der Waals surface area contributed by atoms with Crippen LogP contribution < -0.4 is 5.32 Å². The molecule has 0 heterocycles. The Morgan fingerprint density at radius 3 is 2.26 bits per heavy atom. The van der Waals surface area contributed by atoms with Crippen LogP contribution in [0, 0.1) is 0 Å². The van der Waals surface area contributed by atoms with E-state index in [1.54, 1.807) is 6.08 Å². The first-order valence-corrected chi connectivity index (χ1v) is 6.00. The lowest BCUT2D eigenvalue weighted by molar-refractivity contribution is -0.131. The average Bonchev–Trinajstić information content (AvgIpc) is 2.37. The number of carboxylic acids is 1. The molecule has 0 spiro atoms. The summed E-state index contributed by atoms with van der Waals surface area (Å²) in [6, 6.07) is 7.53. The number of nitrogens with one attached hydrogen (secondary N) is 1. The number of hydrogen-bond acceptors (Lipinski definition) is 2. The van der Waals surface area contributed by atoms with E-state index in [0.717, 1.165) is 23.6 Å². The zero-order valence-corrected chi connectivity index (χ0v) is 10.8. The molecular formula is C15H17NO3. The van der Waals surface area contributed by atoms with Crippen LogP contribution in [0.25, 0.3) is 12.2 Å². The molecule has 100 valence electrons. The first-order valence-electron chi connectivity index (χ1n) is 6.00. The summed E-state index contributed by atoms with van der Waals surface area (Å²) in [6.45, 7) is 2.12. The molecule has 0 aliphatic heterocycles. The van der Waals surface area contributed by atoms with E-state index in [1.807, 2.05) is 36.4 Å². The minimum atomic E-state index is -0.957. The van der Waals surface area contributed by atoms with Gasteiger partial charge in [-0.2, -0.15) is 0 Å². The number of carbonyl (C=O) groups is 2. The summed E-state index contributed by atoms with van der Waals surface area (Å²) in [7, 11) is 0. The van der Waals surface area contributed by atoms with Crippen LogP contribution in [-0.4, -0.2) is 23.5 Å². The van der Waals surface area contributed by atoms with Gasteiger partial charge in [-0.15, -0.1) is 0 Å². The number of carbonyl (C=O) groups excluding carboxylic acids is 1. The number of carboxylic acid groups (broad SMARTS) is 1. The SMILES string of the molecule is CC(=O)NCCC=Cc1ccc(/C=C/C(=O)O)cc1. The zero-order valence-electron chi connectivity index (χ0n) is 10.8. The maximum absolute atomic E-state index is 10.6. The van der Waals surface area contributed by atoms with Crippen molar-refractivity contribution in [2.24, 2.45) is 0 Å². The molecule has 1 amide bonds. The molecule has 0 aromatic heterocycles. The molecule has 0 radical (unpaired) electrons. The van der Waals surface area contributed by atoms with Crippen molar-refractivity contribution in [1.82, 2.24) is 5.32 Å². The highest BCUT2D eigenvalue weighted by atomic mass is 16.4. The van der Waals surface area contributed by atoms with Crippen LogP contribution in [0.1, 0.15) is 24.5 Å². The van der Waals surface area contributed by atoms with Crippen LogP contribution in [0.4, 0.5) is 0 Å². The van der Waals surface area contributed by atoms with Gasteiger partial charge in [-0.25, -0.2) is 4.79 Å². The van der Waals surface area contributed by atoms with Crippen LogP contribution in [0.15, 0.2) is 36.4 Å². The van der Waals surface area contributed by atoms with Gasteiger partial charge in [0.15, 0.2) is 0 Å². The molecule has 4 heteroatoms. The second kappa shape index (κ2) is 7.87. The number of rotatable bonds is 6. The summed E-state index contributed by atoms with van der Waals surface area (Å²) in [5.74, 6) is -0.982. The molecule has 0 aliphatic rings. The number of hydrogen-bond donors (Lipinski definition) is 2. The third-order valence-corrected chi connectivity index (χ3v) is 2.35. The summed E-state index contributed by atoms with van der Waals surface area (Å²) in [5, 5.41) is 11.2. The van der Waals surface area contributed by atoms with Crippen molar-refractivity contribution in [3.05, 3.63) is 47.5 Å². The van der Waals surface area contributed by atoms with E-state index >= 15 is 0 Å². The highest BCUT2D eigenvalue weighted by Crippen LogP contribution is 2.08. The Morgan fingerprint density at radius 2 is 1.74 bits per heavy atom. The Morgan fingerprint density at radius 1 is 1.16 bits per heavy atom. The van der Waals surface area contributed by atoms with E-state index in [2.05, 4.69) is 5.32 Å². The van der Waals surface area contributed by atoms with Gasteiger partial charge < -0.3 is 10.4 Å². The quantitative estimate of drug-likeness (QED) is 0.608. The molecular weight excluding hydrogens is 242 g/mol. The lowest BCUT2D eigenvalue weighted by atomic mass is 10.1. The van der Waals surface area contributed by atoms with Crippen molar-refractivity contribution in [3.8, 4) is 0 Å². The van der Waals surface area contributed by atoms with Crippen LogP contribution >= 0.6 is 0 Å². The van der Waals surface area contributed by atoms with E-state index in [-0.39, 0.29) is 5.91 Å². The van der Waals surface area contributed by atoms with Crippen molar-refractivity contribution in [2.45, 2.75) is 13.3 Å². The predicted molar refractivity (Wildman–Crippen MR) is 75.4 cm³/mol. The molecule has 0 unspecified atom stereocenters. The second-order valence-electron chi connectivity index (χ2n) is 4.01. The van der Waals surface area contributed by atoms with Crippen LogP contribution in [0.5, 0.6) is 0 Å². The molecule has 0 saturated heterocycles. The third kappa shape index (κ3) is 6.83. The fourth-order valence-corrected chi connectivity index (χ4v) is 1.44. The molecule has 2 N–H and O–H groups in total. The maximum atomic E-state index is 10.6. The summed E-state index contributed by atoms with van der Waals surface area (Å²) in [5.41, 5.74) is 1.88. The van der Waals surface area contributed by atoms with Gasteiger partial charge in [-0.1, -0.05) is 36.4 Å².